The van der Waals surface area contributed by atoms with Gasteiger partial charge in [-0.3, -0.25) is 4.79 Å². The number of carbonyl (C=O) groups is 1. The Balaban J connectivity index is 2.28. The summed E-state index contributed by atoms with van der Waals surface area (Å²) in [6, 6.07) is 22.0. The molecule has 0 fully saturated rings. The van der Waals surface area contributed by atoms with Crippen LogP contribution in [0.4, 0.5) is 0 Å². The normalized spacial score (nSPS) is 9.64. The van der Waals surface area contributed by atoms with Gasteiger partial charge >= 0.3 is 0 Å². The summed E-state index contributed by atoms with van der Waals surface area (Å²) in [4.78, 5) is 13.5. The molecular weight excluding hydrogens is 272 g/mol. The Kier molecular flexibility index (Phi) is 5.50. The van der Waals surface area contributed by atoms with Crippen LogP contribution in [0, 0.1) is 11.3 Å². The van der Waals surface area contributed by atoms with Crippen LogP contribution >= 0.6 is 0 Å². The molecule has 2 rings (SSSR count). The van der Waals surface area contributed by atoms with E-state index in [9.17, 15) is 4.79 Å². The molecule has 1 amide bonds. The number of carbonyl (C=O) groups excluding carboxylic acids is 1. The molecule has 22 heavy (non-hydrogen) atoms. The van der Waals surface area contributed by atoms with Crippen molar-refractivity contribution in [2.24, 2.45) is 0 Å². The quantitative estimate of drug-likeness (QED) is 0.791. The second-order valence-corrected chi connectivity index (χ2v) is 4.96. The molecule has 2 aromatic carbocycles. The molecule has 110 valence electrons. The standard InChI is InChI=1S/C19H18N2O/c1-21(15-14-20)19(22)13-12-18(16-8-4-2-5-9-16)17-10-6-3-7-11-17/h2-12H,13,15H2,1H3. The molecular formula is C19H18N2O. The maximum Gasteiger partial charge on any atom is 0.226 e. The van der Waals surface area contributed by atoms with E-state index in [1.807, 2.05) is 72.8 Å². The van der Waals surface area contributed by atoms with Crippen LogP contribution in [0.25, 0.3) is 5.57 Å². The maximum absolute atomic E-state index is 12.0. The van der Waals surface area contributed by atoms with Crippen LogP contribution in [0.15, 0.2) is 66.7 Å². The van der Waals surface area contributed by atoms with Gasteiger partial charge in [-0.1, -0.05) is 66.7 Å². The fourth-order valence-electron chi connectivity index (χ4n) is 2.18. The molecule has 3 nitrogen and oxygen atoms in total. The molecule has 0 aliphatic carbocycles. The highest BCUT2D eigenvalue weighted by Gasteiger charge is 2.09. The first kappa shape index (κ1) is 15.5. The molecule has 0 atom stereocenters. The lowest BCUT2D eigenvalue weighted by Gasteiger charge is -2.13. The smallest absolute Gasteiger partial charge is 0.226 e. The third-order valence-corrected chi connectivity index (χ3v) is 3.38. The summed E-state index contributed by atoms with van der Waals surface area (Å²) in [5, 5.41) is 8.66. The summed E-state index contributed by atoms with van der Waals surface area (Å²) in [6.07, 6.45) is 2.21. The van der Waals surface area contributed by atoms with E-state index in [0.717, 1.165) is 16.7 Å². The fraction of sp³-hybridized carbons (Fsp3) is 0.158. The Bertz CT molecular complexity index is 643. The van der Waals surface area contributed by atoms with Crippen molar-refractivity contribution >= 4 is 11.5 Å². The van der Waals surface area contributed by atoms with E-state index in [0.29, 0.717) is 0 Å². The Labute approximate surface area is 131 Å². The van der Waals surface area contributed by atoms with Crippen molar-refractivity contribution in [1.29, 1.82) is 5.26 Å². The summed E-state index contributed by atoms with van der Waals surface area (Å²) in [7, 11) is 1.64. The number of hydrogen-bond acceptors (Lipinski definition) is 2. The molecule has 0 unspecified atom stereocenters. The van der Waals surface area contributed by atoms with Gasteiger partial charge in [0, 0.05) is 13.5 Å². The molecule has 0 saturated carbocycles. The van der Waals surface area contributed by atoms with E-state index < -0.39 is 0 Å². The van der Waals surface area contributed by atoms with Gasteiger partial charge in [-0.25, -0.2) is 0 Å². The molecule has 0 N–H and O–H groups in total. The molecule has 0 bridgehead atoms. The third-order valence-electron chi connectivity index (χ3n) is 3.38. The van der Waals surface area contributed by atoms with E-state index in [1.165, 1.54) is 4.90 Å². The summed E-state index contributed by atoms with van der Waals surface area (Å²) >= 11 is 0. The van der Waals surface area contributed by atoms with Gasteiger partial charge in [0.15, 0.2) is 0 Å². The van der Waals surface area contributed by atoms with Gasteiger partial charge in [-0.15, -0.1) is 0 Å². The van der Waals surface area contributed by atoms with E-state index in [1.54, 1.807) is 7.05 Å². The fourth-order valence-corrected chi connectivity index (χ4v) is 2.18. The summed E-state index contributed by atoms with van der Waals surface area (Å²) < 4.78 is 0. The van der Waals surface area contributed by atoms with Gasteiger partial charge in [-0.05, 0) is 16.7 Å². The van der Waals surface area contributed by atoms with Gasteiger partial charge in [0.2, 0.25) is 5.91 Å². The van der Waals surface area contributed by atoms with Gasteiger partial charge in [0.25, 0.3) is 0 Å². The van der Waals surface area contributed by atoms with E-state index in [-0.39, 0.29) is 18.9 Å². The van der Waals surface area contributed by atoms with Crippen molar-refractivity contribution in [2.45, 2.75) is 6.42 Å². The number of hydrogen-bond donors (Lipinski definition) is 0. The Morgan fingerprint density at radius 1 is 1.05 bits per heavy atom. The highest BCUT2D eigenvalue weighted by atomic mass is 16.2. The highest BCUT2D eigenvalue weighted by molar-refractivity contribution is 5.85. The summed E-state index contributed by atoms with van der Waals surface area (Å²) in [5.41, 5.74) is 3.17. The zero-order valence-electron chi connectivity index (χ0n) is 12.6. The maximum atomic E-state index is 12.0. The lowest BCUT2D eigenvalue weighted by molar-refractivity contribution is -0.128. The number of rotatable bonds is 5. The Morgan fingerprint density at radius 3 is 2.00 bits per heavy atom. The predicted octanol–water partition coefficient (Wildman–Crippen LogP) is 3.49. The van der Waals surface area contributed by atoms with Crippen molar-refractivity contribution in [3.05, 3.63) is 77.9 Å². The SMILES string of the molecule is CN(CC#N)C(=O)CC=C(c1ccccc1)c1ccccc1. The second kappa shape index (κ2) is 7.80. The molecule has 0 aromatic heterocycles. The number of nitriles is 1. The lowest BCUT2D eigenvalue weighted by Crippen LogP contribution is -2.26. The van der Waals surface area contributed by atoms with Crippen LogP contribution in [0.2, 0.25) is 0 Å². The van der Waals surface area contributed by atoms with Crippen molar-refractivity contribution in [1.82, 2.24) is 4.90 Å². The zero-order valence-corrected chi connectivity index (χ0v) is 12.6. The van der Waals surface area contributed by atoms with Crippen LogP contribution in [0.1, 0.15) is 17.5 Å². The minimum atomic E-state index is -0.0640. The molecule has 0 spiro atoms. The average molecular weight is 290 g/mol. The first-order valence-corrected chi connectivity index (χ1v) is 7.14. The van der Waals surface area contributed by atoms with Crippen molar-refractivity contribution in [2.75, 3.05) is 13.6 Å². The molecule has 3 heteroatoms. The molecule has 2 aromatic rings. The molecule has 0 saturated heterocycles. The van der Waals surface area contributed by atoms with Crippen molar-refractivity contribution < 1.29 is 4.79 Å². The lowest BCUT2D eigenvalue weighted by atomic mass is 9.97. The molecule has 0 heterocycles. The topological polar surface area (TPSA) is 44.1 Å². The van der Waals surface area contributed by atoms with Gasteiger partial charge < -0.3 is 4.90 Å². The number of amides is 1. The van der Waals surface area contributed by atoms with Crippen molar-refractivity contribution in [3.8, 4) is 6.07 Å². The van der Waals surface area contributed by atoms with Crippen LogP contribution in [-0.4, -0.2) is 24.4 Å². The minimum Gasteiger partial charge on any atom is -0.332 e. The molecule has 0 aliphatic heterocycles. The number of nitrogens with zero attached hydrogens (tertiary/aromatic N) is 2. The molecule has 0 radical (unpaired) electrons. The first-order chi connectivity index (χ1) is 10.7. The van der Waals surface area contributed by atoms with Crippen LogP contribution in [0.5, 0.6) is 0 Å². The third kappa shape index (κ3) is 4.07. The summed E-state index contributed by atoms with van der Waals surface area (Å²) in [6.45, 7) is 0.110. The van der Waals surface area contributed by atoms with Crippen molar-refractivity contribution in [3.63, 3.8) is 0 Å². The van der Waals surface area contributed by atoms with Crippen LogP contribution < -0.4 is 0 Å². The predicted molar refractivity (Wildman–Crippen MR) is 87.8 cm³/mol. The molecule has 0 aliphatic rings. The summed E-state index contributed by atoms with van der Waals surface area (Å²) in [5.74, 6) is -0.0640. The van der Waals surface area contributed by atoms with Gasteiger partial charge in [0.05, 0.1) is 6.07 Å². The highest BCUT2D eigenvalue weighted by Crippen LogP contribution is 2.23. The largest absolute Gasteiger partial charge is 0.332 e. The Morgan fingerprint density at radius 2 is 1.55 bits per heavy atom. The van der Waals surface area contributed by atoms with E-state index >= 15 is 0 Å². The van der Waals surface area contributed by atoms with Crippen LogP contribution in [0.3, 0.4) is 0 Å². The average Bonchev–Trinajstić information content (AvgIpc) is 2.57. The number of benzene rings is 2. The van der Waals surface area contributed by atoms with E-state index in [2.05, 4.69) is 0 Å². The second-order valence-electron chi connectivity index (χ2n) is 4.96. The minimum absolute atomic E-state index is 0.0640. The zero-order chi connectivity index (χ0) is 15.8. The first-order valence-electron chi connectivity index (χ1n) is 7.14. The van der Waals surface area contributed by atoms with Crippen LogP contribution in [-0.2, 0) is 4.79 Å². The van der Waals surface area contributed by atoms with Gasteiger partial charge in [-0.2, -0.15) is 5.26 Å². The van der Waals surface area contributed by atoms with E-state index in [4.69, 9.17) is 5.26 Å². The monoisotopic (exact) mass is 290 g/mol. The Hall–Kier alpha value is -2.86. The van der Waals surface area contributed by atoms with Gasteiger partial charge in [0.1, 0.15) is 6.54 Å².